The number of nitrogen functional groups attached to an aromatic ring is 1. The van der Waals surface area contributed by atoms with Gasteiger partial charge in [0.2, 0.25) is 0 Å². The Kier molecular flexibility index (Phi) is 5.15. The predicted octanol–water partition coefficient (Wildman–Crippen LogP) is 4.64. The first-order valence-corrected chi connectivity index (χ1v) is 10.7. The number of urea groups is 1. The van der Waals surface area contributed by atoms with Crippen LogP contribution in [-0.2, 0) is 7.05 Å². The molecule has 10 heteroatoms. The Balaban J connectivity index is 1.51. The van der Waals surface area contributed by atoms with Gasteiger partial charge in [-0.2, -0.15) is 0 Å². The van der Waals surface area contributed by atoms with Crippen molar-refractivity contribution in [2.75, 3.05) is 23.7 Å². The zero-order chi connectivity index (χ0) is 24.1. The normalized spacial score (nSPS) is 16.1. The Morgan fingerprint density at radius 1 is 1.03 bits per heavy atom. The summed E-state index contributed by atoms with van der Waals surface area (Å²) >= 11 is 0. The van der Waals surface area contributed by atoms with Gasteiger partial charge in [0.1, 0.15) is 23.6 Å². The van der Waals surface area contributed by atoms with Crippen LogP contribution >= 0.6 is 0 Å². The number of anilines is 2. The molecular formula is C24H21F3N6O. The molecule has 1 unspecified atom stereocenters. The Hall–Kier alpha value is -4.08. The number of nitrogens with zero attached hydrogens (tertiary/aromatic N) is 5. The molecule has 4 aromatic rings. The highest BCUT2D eigenvalue weighted by atomic mass is 19.2. The summed E-state index contributed by atoms with van der Waals surface area (Å²) in [4.78, 5) is 24.3. The van der Waals surface area contributed by atoms with Crippen LogP contribution in [0.2, 0.25) is 0 Å². The second-order valence-electron chi connectivity index (χ2n) is 8.14. The van der Waals surface area contributed by atoms with Crippen LogP contribution in [0.3, 0.4) is 0 Å². The van der Waals surface area contributed by atoms with Crippen molar-refractivity contribution in [3.8, 4) is 11.1 Å². The Morgan fingerprint density at radius 3 is 2.53 bits per heavy atom. The summed E-state index contributed by atoms with van der Waals surface area (Å²) in [5.41, 5.74) is 8.28. The quantitative estimate of drug-likeness (QED) is 0.475. The molecule has 1 fully saturated rings. The number of rotatable bonds is 4. The fourth-order valence-corrected chi connectivity index (χ4v) is 4.54. The molecule has 0 aliphatic carbocycles. The van der Waals surface area contributed by atoms with Crippen LogP contribution in [0.5, 0.6) is 0 Å². The first-order chi connectivity index (χ1) is 16.3. The third kappa shape index (κ3) is 3.33. The molecular weight excluding hydrogens is 445 g/mol. The van der Waals surface area contributed by atoms with Crippen molar-refractivity contribution in [3.63, 3.8) is 0 Å². The van der Waals surface area contributed by atoms with Crippen molar-refractivity contribution in [3.05, 3.63) is 71.9 Å². The first-order valence-electron chi connectivity index (χ1n) is 10.7. The van der Waals surface area contributed by atoms with E-state index in [1.165, 1.54) is 23.4 Å². The van der Waals surface area contributed by atoms with Crippen LogP contribution in [0.25, 0.3) is 22.2 Å². The molecule has 2 aromatic carbocycles. The minimum absolute atomic E-state index is 0.172. The zero-order valence-electron chi connectivity index (χ0n) is 18.5. The summed E-state index contributed by atoms with van der Waals surface area (Å²) in [5, 5.41) is 0.546. The molecule has 0 saturated carbocycles. The Morgan fingerprint density at radius 2 is 1.82 bits per heavy atom. The molecule has 1 saturated heterocycles. The molecule has 0 bridgehead atoms. The van der Waals surface area contributed by atoms with Crippen LogP contribution in [0.1, 0.15) is 18.5 Å². The summed E-state index contributed by atoms with van der Waals surface area (Å²) in [7, 11) is 1.78. The second-order valence-corrected chi connectivity index (χ2v) is 8.14. The molecule has 5 rings (SSSR count). The number of aryl methyl sites for hydroxylation is 1. The van der Waals surface area contributed by atoms with Crippen molar-refractivity contribution < 1.29 is 18.0 Å². The summed E-state index contributed by atoms with van der Waals surface area (Å²) < 4.78 is 44.3. The third-order valence-electron chi connectivity index (χ3n) is 6.21. The number of amides is 2. The maximum absolute atomic E-state index is 15.3. The fraction of sp³-hybridized carbons (Fsp3) is 0.208. The zero-order valence-corrected chi connectivity index (χ0v) is 18.5. The summed E-state index contributed by atoms with van der Waals surface area (Å²) in [6.45, 7) is 2.32. The van der Waals surface area contributed by atoms with E-state index >= 15 is 4.39 Å². The van der Waals surface area contributed by atoms with Crippen LogP contribution in [0, 0.1) is 17.5 Å². The first kappa shape index (κ1) is 21.7. The van der Waals surface area contributed by atoms with Crippen LogP contribution in [-0.4, -0.2) is 38.6 Å². The smallest absolute Gasteiger partial charge is 0.325 e. The van der Waals surface area contributed by atoms with E-state index in [4.69, 9.17) is 5.73 Å². The van der Waals surface area contributed by atoms with E-state index in [1.807, 2.05) is 0 Å². The van der Waals surface area contributed by atoms with Crippen LogP contribution < -0.4 is 10.6 Å². The largest absolute Gasteiger partial charge is 0.383 e. The van der Waals surface area contributed by atoms with E-state index in [0.717, 1.165) is 12.1 Å². The number of carbonyl (C=O) groups is 1. The van der Waals surface area contributed by atoms with E-state index in [2.05, 4.69) is 9.97 Å². The van der Waals surface area contributed by atoms with Gasteiger partial charge in [0.05, 0.1) is 18.0 Å². The van der Waals surface area contributed by atoms with Crippen molar-refractivity contribution in [2.45, 2.75) is 13.0 Å². The van der Waals surface area contributed by atoms with Gasteiger partial charge in [-0.3, -0.25) is 4.90 Å². The molecule has 2 aromatic heterocycles. The number of hydrogen-bond acceptors (Lipinski definition) is 4. The summed E-state index contributed by atoms with van der Waals surface area (Å²) in [6.07, 6.45) is 3.08. The van der Waals surface area contributed by atoms with Gasteiger partial charge in [0.15, 0.2) is 11.6 Å². The highest BCUT2D eigenvalue weighted by Gasteiger charge is 2.38. The molecule has 0 spiro atoms. The molecule has 1 aliphatic heterocycles. The number of nitrogens with two attached hydrogens (primary N) is 1. The molecule has 174 valence electrons. The average molecular weight is 466 g/mol. The SMILES string of the molecule is CCN1C(=O)N(c2ccc(-c3cn(C)c4ncnc(N)c34)c(F)c2)CC1c1ccc(F)c(F)c1. The Labute approximate surface area is 193 Å². The van der Waals surface area contributed by atoms with E-state index < -0.39 is 23.5 Å². The fourth-order valence-electron chi connectivity index (χ4n) is 4.54. The highest BCUT2D eigenvalue weighted by Crippen LogP contribution is 2.37. The molecule has 2 N–H and O–H groups in total. The molecule has 7 nitrogen and oxygen atoms in total. The number of aromatic nitrogens is 3. The Bertz CT molecular complexity index is 1440. The molecule has 1 atom stereocenters. The number of halogens is 3. The minimum Gasteiger partial charge on any atom is -0.383 e. The van der Waals surface area contributed by atoms with Gasteiger partial charge in [0, 0.05) is 36.6 Å². The third-order valence-corrected chi connectivity index (χ3v) is 6.21. The predicted molar refractivity (Wildman–Crippen MR) is 123 cm³/mol. The van der Waals surface area contributed by atoms with E-state index in [0.29, 0.717) is 40.0 Å². The number of hydrogen-bond donors (Lipinski definition) is 1. The standard InChI is InChI=1S/C24H21F3N6O/c1-3-32-20(13-4-7-17(25)19(27)8-13)11-33(24(32)34)14-5-6-15(18(26)9-14)16-10-31(2)23-21(16)22(28)29-12-30-23/h4-10,12,20H,3,11H2,1-2H3,(H2,28,29,30). The average Bonchev–Trinajstić information content (AvgIpc) is 3.33. The lowest BCUT2D eigenvalue weighted by atomic mass is 10.0. The van der Waals surface area contributed by atoms with Gasteiger partial charge >= 0.3 is 6.03 Å². The lowest BCUT2D eigenvalue weighted by Gasteiger charge is -2.21. The molecule has 0 radical (unpaired) electrons. The van der Waals surface area contributed by atoms with E-state index in [-0.39, 0.29) is 18.4 Å². The molecule has 2 amide bonds. The summed E-state index contributed by atoms with van der Waals surface area (Å²) in [6, 6.07) is 7.27. The minimum atomic E-state index is -0.979. The summed E-state index contributed by atoms with van der Waals surface area (Å²) in [5.74, 6) is -2.23. The molecule has 1 aliphatic rings. The second kappa shape index (κ2) is 8.05. The molecule has 34 heavy (non-hydrogen) atoms. The van der Waals surface area contributed by atoms with Gasteiger partial charge < -0.3 is 15.2 Å². The number of benzene rings is 2. The van der Waals surface area contributed by atoms with Crippen molar-refractivity contribution >= 4 is 28.6 Å². The lowest BCUT2D eigenvalue weighted by molar-refractivity contribution is 0.209. The number of likely N-dealkylation sites (N-methyl/N-ethyl adjacent to an activating group) is 1. The van der Waals surface area contributed by atoms with Crippen molar-refractivity contribution in [1.82, 2.24) is 19.4 Å². The maximum atomic E-state index is 15.3. The van der Waals surface area contributed by atoms with E-state index in [1.54, 1.807) is 41.8 Å². The van der Waals surface area contributed by atoms with Gasteiger partial charge in [0.25, 0.3) is 0 Å². The number of fused-ring (bicyclic) bond motifs is 1. The van der Waals surface area contributed by atoms with Crippen molar-refractivity contribution in [2.24, 2.45) is 7.05 Å². The van der Waals surface area contributed by atoms with Gasteiger partial charge in [-0.15, -0.1) is 0 Å². The number of carbonyl (C=O) groups excluding carboxylic acids is 1. The van der Waals surface area contributed by atoms with Crippen LogP contribution in [0.15, 0.2) is 48.9 Å². The van der Waals surface area contributed by atoms with Gasteiger partial charge in [-0.25, -0.2) is 27.9 Å². The van der Waals surface area contributed by atoms with Gasteiger partial charge in [-0.1, -0.05) is 6.07 Å². The molecule has 3 heterocycles. The lowest BCUT2D eigenvalue weighted by Crippen LogP contribution is -2.32. The maximum Gasteiger partial charge on any atom is 0.325 e. The topological polar surface area (TPSA) is 80.3 Å². The van der Waals surface area contributed by atoms with Crippen LogP contribution in [0.4, 0.5) is 29.5 Å². The van der Waals surface area contributed by atoms with Gasteiger partial charge in [-0.05, 0) is 42.8 Å². The van der Waals surface area contributed by atoms with Crippen molar-refractivity contribution in [1.29, 1.82) is 0 Å². The monoisotopic (exact) mass is 466 g/mol. The van der Waals surface area contributed by atoms with E-state index in [9.17, 15) is 13.6 Å². The highest BCUT2D eigenvalue weighted by molar-refractivity contribution is 6.01.